The quantitative estimate of drug-likeness (QED) is 0.826. The maximum absolute atomic E-state index is 12.2. The third kappa shape index (κ3) is 2.71. The third-order valence-electron chi connectivity index (χ3n) is 2.86. The van der Waals surface area contributed by atoms with E-state index in [-0.39, 0.29) is 12.0 Å². The van der Waals surface area contributed by atoms with Gasteiger partial charge in [0, 0.05) is 16.7 Å². The maximum Gasteiger partial charge on any atom is 0.255 e. The lowest BCUT2D eigenvalue weighted by atomic mass is 10.2. The predicted octanol–water partition coefficient (Wildman–Crippen LogP) is 1.51. The molecule has 0 spiro atoms. The van der Waals surface area contributed by atoms with Crippen molar-refractivity contribution < 1.29 is 14.6 Å². The highest BCUT2D eigenvalue weighted by Gasteiger charge is 2.26. The molecule has 0 aliphatic carbocycles. The van der Waals surface area contributed by atoms with Crippen molar-refractivity contribution in [3.63, 3.8) is 0 Å². The van der Waals surface area contributed by atoms with Gasteiger partial charge in [0.15, 0.2) is 0 Å². The predicted molar refractivity (Wildman–Crippen MR) is 72.2 cm³/mol. The number of methoxy groups -OCH3 is 1. The van der Waals surface area contributed by atoms with Crippen LogP contribution in [0.2, 0.25) is 0 Å². The Labute approximate surface area is 114 Å². The summed E-state index contributed by atoms with van der Waals surface area (Å²) in [5.74, 6) is 0.723. The van der Waals surface area contributed by atoms with Gasteiger partial charge in [-0.3, -0.25) is 4.79 Å². The molecule has 0 saturated carbocycles. The van der Waals surface area contributed by atoms with Gasteiger partial charge in [0.2, 0.25) is 0 Å². The molecule has 2 rings (SSSR count). The molecule has 1 heterocycles. The smallest absolute Gasteiger partial charge is 0.255 e. The number of likely N-dealkylation sites (tertiary alicyclic amines) is 1. The summed E-state index contributed by atoms with van der Waals surface area (Å²) < 4.78 is 5.97. The van der Waals surface area contributed by atoms with Crippen LogP contribution in [0.5, 0.6) is 5.75 Å². The van der Waals surface area contributed by atoms with Crippen molar-refractivity contribution in [2.45, 2.75) is 12.5 Å². The first-order valence-corrected chi connectivity index (χ1v) is 6.50. The minimum Gasteiger partial charge on any atom is -0.497 e. The fourth-order valence-corrected chi connectivity index (χ4v) is 2.61. The molecule has 92 valence electrons. The molecule has 4 nitrogen and oxygen atoms in total. The van der Waals surface area contributed by atoms with Gasteiger partial charge in [-0.15, -0.1) is 0 Å². The number of hydrogen-bond acceptors (Lipinski definition) is 3. The number of benzene rings is 1. The van der Waals surface area contributed by atoms with Crippen LogP contribution in [0.25, 0.3) is 0 Å². The lowest BCUT2D eigenvalue weighted by molar-refractivity contribution is 0.0764. The Balaban J connectivity index is 2.19. The van der Waals surface area contributed by atoms with Crippen molar-refractivity contribution >= 4 is 28.5 Å². The number of carbonyl (C=O) groups is 1. The number of amides is 1. The van der Waals surface area contributed by atoms with E-state index < -0.39 is 0 Å². The van der Waals surface area contributed by atoms with Gasteiger partial charge in [-0.25, -0.2) is 0 Å². The number of carbonyl (C=O) groups excluding carboxylic acids is 1. The van der Waals surface area contributed by atoms with E-state index in [1.807, 2.05) is 6.07 Å². The first-order chi connectivity index (χ1) is 8.11. The van der Waals surface area contributed by atoms with Crippen LogP contribution in [0.3, 0.4) is 0 Å². The minimum atomic E-state index is -0.380. The molecule has 0 radical (unpaired) electrons. The zero-order valence-corrected chi connectivity index (χ0v) is 11.7. The lowest BCUT2D eigenvalue weighted by Crippen LogP contribution is -2.30. The average molecular weight is 347 g/mol. The Morgan fingerprint density at radius 3 is 2.88 bits per heavy atom. The van der Waals surface area contributed by atoms with Gasteiger partial charge < -0.3 is 14.7 Å². The maximum atomic E-state index is 12.2. The van der Waals surface area contributed by atoms with E-state index in [2.05, 4.69) is 22.6 Å². The van der Waals surface area contributed by atoms with Crippen LogP contribution in [0.1, 0.15) is 16.8 Å². The number of nitrogens with zero attached hydrogens (tertiary/aromatic N) is 1. The number of β-amino-alcohol motifs (C(OH)–C–C–N with tert-alkyl or cyclic N) is 1. The van der Waals surface area contributed by atoms with Crippen molar-refractivity contribution in [3.05, 3.63) is 27.3 Å². The number of halogens is 1. The van der Waals surface area contributed by atoms with Gasteiger partial charge in [-0.05, 0) is 47.2 Å². The van der Waals surface area contributed by atoms with Crippen molar-refractivity contribution in [3.8, 4) is 5.75 Å². The summed E-state index contributed by atoms with van der Waals surface area (Å²) in [6.07, 6.45) is 0.285. The van der Waals surface area contributed by atoms with Crippen molar-refractivity contribution in [1.29, 1.82) is 0 Å². The first-order valence-electron chi connectivity index (χ1n) is 5.42. The van der Waals surface area contributed by atoms with Gasteiger partial charge >= 0.3 is 0 Å². The number of rotatable bonds is 2. The summed E-state index contributed by atoms with van der Waals surface area (Å²) in [5, 5.41) is 9.43. The molecule has 1 fully saturated rings. The Morgan fingerprint density at radius 1 is 1.59 bits per heavy atom. The normalized spacial score (nSPS) is 19.5. The summed E-state index contributed by atoms with van der Waals surface area (Å²) in [6, 6.07) is 5.38. The number of aliphatic hydroxyl groups is 1. The van der Waals surface area contributed by atoms with E-state index in [1.54, 1.807) is 24.1 Å². The van der Waals surface area contributed by atoms with Crippen molar-refractivity contribution in [1.82, 2.24) is 4.90 Å². The van der Waals surface area contributed by atoms with Gasteiger partial charge in [0.1, 0.15) is 5.75 Å². The molecule has 1 saturated heterocycles. The molecule has 0 aromatic heterocycles. The minimum absolute atomic E-state index is 0.0198. The fraction of sp³-hybridized carbons (Fsp3) is 0.417. The summed E-state index contributed by atoms with van der Waals surface area (Å²) in [6.45, 7) is 1.06. The molecule has 0 unspecified atom stereocenters. The fourth-order valence-electron chi connectivity index (χ4n) is 1.89. The van der Waals surface area contributed by atoms with Gasteiger partial charge in [-0.2, -0.15) is 0 Å². The Bertz CT molecular complexity index is 436. The molecular weight excluding hydrogens is 333 g/mol. The zero-order valence-electron chi connectivity index (χ0n) is 9.52. The molecule has 1 aliphatic rings. The monoisotopic (exact) mass is 347 g/mol. The Morgan fingerprint density at radius 2 is 2.35 bits per heavy atom. The molecule has 5 heteroatoms. The zero-order chi connectivity index (χ0) is 12.4. The molecule has 1 aromatic rings. The van der Waals surface area contributed by atoms with Crippen molar-refractivity contribution in [2.75, 3.05) is 20.2 Å². The summed E-state index contributed by atoms with van der Waals surface area (Å²) in [7, 11) is 1.60. The lowest BCUT2D eigenvalue weighted by Gasteiger charge is -2.16. The molecule has 1 atom stereocenters. The van der Waals surface area contributed by atoms with E-state index >= 15 is 0 Å². The van der Waals surface area contributed by atoms with Crippen molar-refractivity contribution in [2.24, 2.45) is 0 Å². The third-order valence-corrected chi connectivity index (χ3v) is 3.75. The molecule has 1 aromatic carbocycles. The highest BCUT2D eigenvalue weighted by Crippen LogP contribution is 2.22. The SMILES string of the molecule is COc1ccc(C(=O)N2CC[C@@H](O)C2)c(I)c1. The average Bonchev–Trinajstić information content (AvgIpc) is 2.75. The standard InChI is InChI=1S/C12H14INO3/c1-17-9-2-3-10(11(13)6-9)12(16)14-5-4-8(15)7-14/h2-3,6,8,15H,4-5,7H2,1H3/t8-/m1/s1. The van der Waals surface area contributed by atoms with E-state index in [4.69, 9.17) is 4.74 Å². The number of ether oxygens (including phenoxy) is 1. The second kappa shape index (κ2) is 5.22. The van der Waals surface area contributed by atoms with E-state index in [9.17, 15) is 9.90 Å². The van der Waals surface area contributed by atoms with E-state index in [0.29, 0.717) is 25.1 Å². The number of aliphatic hydroxyl groups excluding tert-OH is 1. The summed E-state index contributed by atoms with van der Waals surface area (Å²) in [4.78, 5) is 13.9. The second-order valence-electron chi connectivity index (χ2n) is 4.04. The molecular formula is C12H14INO3. The Hall–Kier alpha value is -0.820. The van der Waals surface area contributed by atoms with Gasteiger partial charge in [0.05, 0.1) is 18.8 Å². The topological polar surface area (TPSA) is 49.8 Å². The first kappa shape index (κ1) is 12.6. The number of hydrogen-bond donors (Lipinski definition) is 1. The van der Waals surface area contributed by atoms with Gasteiger partial charge in [0.25, 0.3) is 5.91 Å². The largest absolute Gasteiger partial charge is 0.497 e. The van der Waals surface area contributed by atoms with Crippen LogP contribution >= 0.6 is 22.6 Å². The van der Waals surface area contributed by atoms with E-state index in [1.165, 1.54) is 0 Å². The van der Waals surface area contributed by atoms with Crippen LogP contribution in [0.15, 0.2) is 18.2 Å². The van der Waals surface area contributed by atoms with Crippen LogP contribution in [-0.2, 0) is 0 Å². The van der Waals surface area contributed by atoms with Gasteiger partial charge in [-0.1, -0.05) is 0 Å². The summed E-state index contributed by atoms with van der Waals surface area (Å²) in [5.41, 5.74) is 0.667. The van der Waals surface area contributed by atoms with Crippen LogP contribution in [0.4, 0.5) is 0 Å². The highest BCUT2D eigenvalue weighted by atomic mass is 127. The Kier molecular flexibility index (Phi) is 3.88. The van der Waals surface area contributed by atoms with Crippen LogP contribution in [0, 0.1) is 3.57 Å². The molecule has 17 heavy (non-hydrogen) atoms. The molecule has 1 amide bonds. The molecule has 0 bridgehead atoms. The molecule has 1 aliphatic heterocycles. The summed E-state index contributed by atoms with van der Waals surface area (Å²) >= 11 is 2.13. The highest BCUT2D eigenvalue weighted by molar-refractivity contribution is 14.1. The van der Waals surface area contributed by atoms with Crippen LogP contribution in [-0.4, -0.2) is 42.2 Å². The molecule has 1 N–H and O–H groups in total. The van der Waals surface area contributed by atoms with Crippen LogP contribution < -0.4 is 4.74 Å². The van der Waals surface area contributed by atoms with E-state index in [0.717, 1.165) is 9.32 Å². The second-order valence-corrected chi connectivity index (χ2v) is 5.20.